The van der Waals surface area contributed by atoms with Crippen LogP contribution in [0.5, 0.6) is 0 Å². The summed E-state index contributed by atoms with van der Waals surface area (Å²) >= 11 is 0. The third kappa shape index (κ3) is 4.79. The summed E-state index contributed by atoms with van der Waals surface area (Å²) in [5, 5.41) is 0. The predicted octanol–water partition coefficient (Wildman–Crippen LogP) is 0.894. The fourth-order valence-electron chi connectivity index (χ4n) is 2.60. The highest BCUT2D eigenvalue weighted by Crippen LogP contribution is 2.10. The predicted molar refractivity (Wildman–Crippen MR) is 88.8 cm³/mol. The van der Waals surface area contributed by atoms with Gasteiger partial charge < -0.3 is 19.0 Å². The molecule has 0 aromatic carbocycles. The molecule has 0 unspecified atom stereocenters. The number of aryl methyl sites for hydroxylation is 1. The van der Waals surface area contributed by atoms with Gasteiger partial charge in [0.25, 0.3) is 5.91 Å². The lowest BCUT2D eigenvalue weighted by Crippen LogP contribution is -2.50. The monoisotopic (exact) mass is 344 g/mol. The van der Waals surface area contributed by atoms with Gasteiger partial charge in [0.1, 0.15) is 5.76 Å². The van der Waals surface area contributed by atoms with Crippen molar-refractivity contribution in [1.82, 2.24) is 14.9 Å². The quantitative estimate of drug-likeness (QED) is 0.719. The SMILES string of the molecule is O=C(CCc1ccco1)OCC(=O)N1CCN(c2ncccn2)CC1. The number of carbonyl (C=O) groups is 2. The lowest BCUT2D eigenvalue weighted by Gasteiger charge is -2.34. The highest BCUT2D eigenvalue weighted by molar-refractivity contribution is 5.80. The van der Waals surface area contributed by atoms with Crippen LogP contribution in [0.4, 0.5) is 5.95 Å². The zero-order valence-corrected chi connectivity index (χ0v) is 13.8. The second-order valence-corrected chi connectivity index (χ2v) is 5.66. The second-order valence-electron chi connectivity index (χ2n) is 5.66. The molecule has 132 valence electrons. The van der Waals surface area contributed by atoms with E-state index in [9.17, 15) is 9.59 Å². The minimum absolute atomic E-state index is 0.181. The second kappa shape index (κ2) is 8.27. The number of ether oxygens (including phenoxy) is 1. The molecule has 3 heterocycles. The van der Waals surface area contributed by atoms with Gasteiger partial charge in [-0.3, -0.25) is 9.59 Å². The fourth-order valence-corrected chi connectivity index (χ4v) is 2.60. The summed E-state index contributed by atoms with van der Waals surface area (Å²) in [6.45, 7) is 2.20. The topological polar surface area (TPSA) is 88.8 Å². The van der Waals surface area contributed by atoms with Crippen molar-refractivity contribution in [2.75, 3.05) is 37.7 Å². The average Bonchev–Trinajstić information content (AvgIpc) is 3.19. The van der Waals surface area contributed by atoms with Crippen LogP contribution in [0.25, 0.3) is 0 Å². The van der Waals surface area contributed by atoms with E-state index in [0.29, 0.717) is 38.5 Å². The van der Waals surface area contributed by atoms with E-state index in [4.69, 9.17) is 9.15 Å². The smallest absolute Gasteiger partial charge is 0.306 e. The minimum Gasteiger partial charge on any atom is -0.469 e. The summed E-state index contributed by atoms with van der Waals surface area (Å²) in [6, 6.07) is 5.34. The van der Waals surface area contributed by atoms with Crippen molar-refractivity contribution >= 4 is 17.8 Å². The van der Waals surface area contributed by atoms with Gasteiger partial charge in [0, 0.05) is 45.0 Å². The van der Waals surface area contributed by atoms with Gasteiger partial charge in [0.05, 0.1) is 12.7 Å². The van der Waals surface area contributed by atoms with Crippen molar-refractivity contribution in [2.24, 2.45) is 0 Å². The van der Waals surface area contributed by atoms with Crippen molar-refractivity contribution < 1.29 is 18.7 Å². The first-order valence-electron chi connectivity index (χ1n) is 8.20. The van der Waals surface area contributed by atoms with Crippen LogP contribution in [0.1, 0.15) is 12.2 Å². The molecule has 8 nitrogen and oxygen atoms in total. The van der Waals surface area contributed by atoms with E-state index < -0.39 is 5.97 Å². The van der Waals surface area contributed by atoms with E-state index in [1.54, 1.807) is 41.8 Å². The molecule has 8 heteroatoms. The first-order valence-corrected chi connectivity index (χ1v) is 8.20. The van der Waals surface area contributed by atoms with E-state index in [0.717, 1.165) is 5.76 Å². The van der Waals surface area contributed by atoms with Gasteiger partial charge in [0.15, 0.2) is 6.61 Å². The molecule has 25 heavy (non-hydrogen) atoms. The van der Waals surface area contributed by atoms with Crippen LogP contribution in [0.3, 0.4) is 0 Å². The molecule has 0 N–H and O–H groups in total. The first-order chi connectivity index (χ1) is 12.2. The van der Waals surface area contributed by atoms with Gasteiger partial charge in [-0.1, -0.05) is 0 Å². The highest BCUT2D eigenvalue weighted by atomic mass is 16.5. The number of amides is 1. The Balaban J connectivity index is 1.37. The molecule has 2 aromatic heterocycles. The van der Waals surface area contributed by atoms with Crippen LogP contribution >= 0.6 is 0 Å². The molecule has 0 saturated carbocycles. The number of nitrogens with zero attached hydrogens (tertiary/aromatic N) is 4. The van der Waals surface area contributed by atoms with E-state index in [2.05, 4.69) is 9.97 Å². The van der Waals surface area contributed by atoms with E-state index in [1.807, 2.05) is 4.90 Å². The molecular formula is C17H20N4O4. The molecule has 0 bridgehead atoms. The summed E-state index contributed by atoms with van der Waals surface area (Å²) in [5.41, 5.74) is 0. The third-order valence-electron chi connectivity index (χ3n) is 3.98. The Kier molecular flexibility index (Phi) is 5.61. The number of furan rings is 1. The number of hydrogen-bond donors (Lipinski definition) is 0. The molecule has 1 aliphatic heterocycles. The van der Waals surface area contributed by atoms with Gasteiger partial charge in [-0.15, -0.1) is 0 Å². The van der Waals surface area contributed by atoms with Crippen LogP contribution < -0.4 is 4.90 Å². The number of hydrogen-bond acceptors (Lipinski definition) is 7. The first kappa shape index (κ1) is 16.9. The van der Waals surface area contributed by atoms with Crippen LogP contribution in [-0.4, -0.2) is 59.5 Å². The lowest BCUT2D eigenvalue weighted by atomic mass is 10.2. The van der Waals surface area contributed by atoms with Crippen molar-refractivity contribution in [3.8, 4) is 0 Å². The largest absolute Gasteiger partial charge is 0.469 e. The minimum atomic E-state index is -0.402. The number of anilines is 1. The summed E-state index contributed by atoms with van der Waals surface area (Å²) in [6.07, 6.45) is 5.62. The number of esters is 1. The Bertz CT molecular complexity index is 682. The van der Waals surface area contributed by atoms with Gasteiger partial charge >= 0.3 is 5.97 Å². The van der Waals surface area contributed by atoms with Gasteiger partial charge in [-0.2, -0.15) is 0 Å². The number of carbonyl (C=O) groups excluding carboxylic acids is 2. The van der Waals surface area contributed by atoms with E-state index in [-0.39, 0.29) is 18.9 Å². The number of aromatic nitrogens is 2. The van der Waals surface area contributed by atoms with Gasteiger partial charge in [-0.05, 0) is 18.2 Å². The van der Waals surface area contributed by atoms with E-state index >= 15 is 0 Å². The summed E-state index contributed by atoms with van der Waals surface area (Å²) in [5.74, 6) is 0.808. The van der Waals surface area contributed by atoms with Crippen LogP contribution in [0.2, 0.25) is 0 Å². The molecule has 0 radical (unpaired) electrons. The number of piperazine rings is 1. The molecule has 1 amide bonds. The zero-order valence-electron chi connectivity index (χ0n) is 13.8. The van der Waals surface area contributed by atoms with Crippen molar-refractivity contribution in [1.29, 1.82) is 0 Å². The normalized spacial score (nSPS) is 14.4. The van der Waals surface area contributed by atoms with Gasteiger partial charge in [0.2, 0.25) is 5.95 Å². The molecule has 1 saturated heterocycles. The van der Waals surface area contributed by atoms with Gasteiger partial charge in [-0.25, -0.2) is 9.97 Å². The molecular weight excluding hydrogens is 324 g/mol. The Hall–Kier alpha value is -2.90. The maximum absolute atomic E-state index is 12.2. The number of rotatable bonds is 6. The van der Waals surface area contributed by atoms with Crippen molar-refractivity contribution in [2.45, 2.75) is 12.8 Å². The zero-order chi connectivity index (χ0) is 17.5. The molecule has 0 aliphatic carbocycles. The maximum atomic E-state index is 12.2. The summed E-state index contributed by atoms with van der Waals surface area (Å²) in [7, 11) is 0. The average molecular weight is 344 g/mol. The Morgan fingerprint density at radius 1 is 1.12 bits per heavy atom. The Morgan fingerprint density at radius 3 is 2.56 bits per heavy atom. The summed E-state index contributed by atoms with van der Waals surface area (Å²) in [4.78, 5) is 36.0. The Labute approximate surface area is 145 Å². The lowest BCUT2D eigenvalue weighted by molar-refractivity contribution is -0.152. The summed E-state index contributed by atoms with van der Waals surface area (Å²) < 4.78 is 10.2. The van der Waals surface area contributed by atoms with Crippen LogP contribution in [0, 0.1) is 0 Å². The van der Waals surface area contributed by atoms with Crippen molar-refractivity contribution in [3.63, 3.8) is 0 Å². The molecule has 0 atom stereocenters. The molecule has 1 fully saturated rings. The molecule has 0 spiro atoms. The third-order valence-corrected chi connectivity index (χ3v) is 3.98. The van der Waals surface area contributed by atoms with Crippen LogP contribution in [-0.2, 0) is 20.7 Å². The molecule has 1 aliphatic rings. The highest BCUT2D eigenvalue weighted by Gasteiger charge is 2.23. The molecule has 3 rings (SSSR count). The fraction of sp³-hybridized carbons (Fsp3) is 0.412. The van der Waals surface area contributed by atoms with Crippen molar-refractivity contribution in [3.05, 3.63) is 42.6 Å². The molecule has 2 aromatic rings. The standard InChI is InChI=1S/C17H20N4O4/c22-15(13-25-16(23)5-4-14-3-1-12-24-14)20-8-10-21(11-9-20)17-18-6-2-7-19-17/h1-3,6-7,12H,4-5,8-11,13H2. The Morgan fingerprint density at radius 2 is 1.88 bits per heavy atom. The maximum Gasteiger partial charge on any atom is 0.306 e. The van der Waals surface area contributed by atoms with Crippen LogP contribution in [0.15, 0.2) is 41.3 Å². The van der Waals surface area contributed by atoms with E-state index in [1.165, 1.54) is 0 Å².